The lowest BCUT2D eigenvalue weighted by atomic mass is 10.00. The maximum absolute atomic E-state index is 13.1. The van der Waals surface area contributed by atoms with Crippen LogP contribution in [0.15, 0.2) is 65.2 Å². The summed E-state index contributed by atoms with van der Waals surface area (Å²) in [5.41, 5.74) is 3.84. The van der Waals surface area contributed by atoms with E-state index in [0.29, 0.717) is 46.0 Å². The molecule has 5 rings (SSSR count). The molecule has 4 aromatic rings. The Balaban J connectivity index is 1.28. The molecule has 1 amide bonds. The van der Waals surface area contributed by atoms with E-state index >= 15 is 0 Å². The smallest absolute Gasteiger partial charge is 0.298 e. The van der Waals surface area contributed by atoms with Gasteiger partial charge in [0, 0.05) is 30.5 Å². The van der Waals surface area contributed by atoms with Crippen LogP contribution in [-0.2, 0) is 0 Å². The molecule has 3 heterocycles. The first-order valence-corrected chi connectivity index (χ1v) is 11.4. The van der Waals surface area contributed by atoms with Gasteiger partial charge < -0.3 is 20.0 Å². The van der Waals surface area contributed by atoms with Crippen molar-refractivity contribution in [2.75, 3.05) is 30.4 Å². The van der Waals surface area contributed by atoms with Gasteiger partial charge in [-0.15, -0.1) is 0 Å². The van der Waals surface area contributed by atoms with Crippen LogP contribution in [0.5, 0.6) is 0 Å². The number of hydrogen-bond donors (Lipinski definition) is 2. The van der Waals surface area contributed by atoms with Gasteiger partial charge in [-0.2, -0.15) is 4.98 Å². The fourth-order valence-electron chi connectivity index (χ4n) is 4.25. The molecular formula is C26H26FN5O2. The second-order valence-corrected chi connectivity index (χ2v) is 8.68. The zero-order valence-corrected chi connectivity index (χ0v) is 19.1. The quantitative estimate of drug-likeness (QED) is 0.434. The lowest BCUT2D eigenvalue weighted by Crippen LogP contribution is -2.36. The number of nitrogens with zero attached hydrogens (tertiary/aromatic N) is 3. The molecule has 2 aromatic carbocycles. The van der Waals surface area contributed by atoms with Gasteiger partial charge in [0.1, 0.15) is 11.3 Å². The predicted octanol–water partition coefficient (Wildman–Crippen LogP) is 4.72. The predicted molar refractivity (Wildman–Crippen MR) is 130 cm³/mol. The average molecular weight is 460 g/mol. The van der Waals surface area contributed by atoms with Gasteiger partial charge in [0.25, 0.3) is 11.9 Å². The van der Waals surface area contributed by atoms with Gasteiger partial charge in [0.15, 0.2) is 5.58 Å². The number of amides is 1. The summed E-state index contributed by atoms with van der Waals surface area (Å²) in [7, 11) is 2.00. The molecule has 7 nitrogen and oxygen atoms in total. The minimum atomic E-state index is -0.303. The molecule has 1 aliphatic heterocycles. The third-order valence-corrected chi connectivity index (χ3v) is 6.49. The van der Waals surface area contributed by atoms with E-state index in [1.165, 1.54) is 18.3 Å². The summed E-state index contributed by atoms with van der Waals surface area (Å²) in [6, 6.07) is 15.8. The standard InChI is InChI=1S/C26H26FN5O2/c1-16(18-11-12-28-14-18)32(2)26-31-23-13-21(8-10-24(23)34-26)30-25(33)19-5-9-22(29-15-19)17-3-6-20(27)7-4-17/h3-10,13,15-16,18,28H,11-12,14H2,1-2H3,(H,30,33). The highest BCUT2D eigenvalue weighted by atomic mass is 19.1. The Morgan fingerprint density at radius 3 is 2.74 bits per heavy atom. The highest BCUT2D eigenvalue weighted by Gasteiger charge is 2.26. The molecule has 174 valence electrons. The summed E-state index contributed by atoms with van der Waals surface area (Å²) in [5.74, 6) is -0.0261. The van der Waals surface area contributed by atoms with Crippen molar-refractivity contribution in [1.82, 2.24) is 15.3 Å². The Morgan fingerprint density at radius 2 is 2.03 bits per heavy atom. The minimum absolute atomic E-state index is 0.277. The van der Waals surface area contributed by atoms with E-state index in [-0.39, 0.29) is 11.7 Å². The lowest BCUT2D eigenvalue weighted by molar-refractivity contribution is 0.102. The summed E-state index contributed by atoms with van der Waals surface area (Å²) in [6.07, 6.45) is 2.65. The van der Waals surface area contributed by atoms with E-state index in [2.05, 4.69) is 32.4 Å². The second-order valence-electron chi connectivity index (χ2n) is 8.68. The first-order valence-electron chi connectivity index (χ1n) is 11.4. The highest BCUT2D eigenvalue weighted by molar-refractivity contribution is 6.04. The number of benzene rings is 2. The van der Waals surface area contributed by atoms with Crippen LogP contribution < -0.4 is 15.5 Å². The molecule has 0 aliphatic carbocycles. The van der Waals surface area contributed by atoms with Crippen molar-refractivity contribution in [3.63, 3.8) is 0 Å². The number of rotatable bonds is 6. The summed E-state index contributed by atoms with van der Waals surface area (Å²) in [5, 5.41) is 6.29. The Hall–Kier alpha value is -3.78. The fourth-order valence-corrected chi connectivity index (χ4v) is 4.25. The van der Waals surface area contributed by atoms with Crippen molar-refractivity contribution >= 4 is 28.7 Å². The van der Waals surface area contributed by atoms with E-state index in [9.17, 15) is 9.18 Å². The molecule has 0 radical (unpaired) electrons. The first kappa shape index (κ1) is 22.0. The topological polar surface area (TPSA) is 83.3 Å². The summed E-state index contributed by atoms with van der Waals surface area (Å²) in [4.78, 5) is 23.8. The number of carbonyl (C=O) groups excluding carboxylic acids is 1. The Bertz CT molecular complexity index is 1300. The van der Waals surface area contributed by atoms with Crippen LogP contribution in [0, 0.1) is 11.7 Å². The van der Waals surface area contributed by atoms with E-state index in [1.807, 2.05) is 13.1 Å². The summed E-state index contributed by atoms with van der Waals surface area (Å²) < 4.78 is 19.1. The molecule has 1 aliphatic rings. The number of fused-ring (bicyclic) bond motifs is 1. The summed E-state index contributed by atoms with van der Waals surface area (Å²) >= 11 is 0. The van der Waals surface area contributed by atoms with Crippen molar-refractivity contribution in [3.8, 4) is 11.3 Å². The van der Waals surface area contributed by atoms with Gasteiger partial charge in [-0.05, 0) is 86.9 Å². The largest absolute Gasteiger partial charge is 0.423 e. The minimum Gasteiger partial charge on any atom is -0.423 e. The van der Waals surface area contributed by atoms with Gasteiger partial charge in [0.2, 0.25) is 0 Å². The first-order chi connectivity index (χ1) is 16.5. The third-order valence-electron chi connectivity index (χ3n) is 6.49. The molecule has 2 atom stereocenters. The van der Waals surface area contributed by atoms with Crippen LogP contribution >= 0.6 is 0 Å². The maximum Gasteiger partial charge on any atom is 0.298 e. The molecule has 1 fully saturated rings. The van der Waals surface area contributed by atoms with Gasteiger partial charge in [-0.3, -0.25) is 9.78 Å². The van der Waals surface area contributed by atoms with E-state index in [0.717, 1.165) is 25.1 Å². The molecule has 8 heteroatoms. The van der Waals surface area contributed by atoms with Crippen molar-refractivity contribution in [2.24, 2.45) is 5.92 Å². The molecule has 0 saturated carbocycles. The average Bonchev–Trinajstić information content (AvgIpc) is 3.54. The van der Waals surface area contributed by atoms with Crippen LogP contribution in [0.1, 0.15) is 23.7 Å². The van der Waals surface area contributed by atoms with Gasteiger partial charge in [-0.25, -0.2) is 4.39 Å². The molecule has 0 bridgehead atoms. The third kappa shape index (κ3) is 4.49. The van der Waals surface area contributed by atoms with Gasteiger partial charge in [-0.1, -0.05) is 0 Å². The molecule has 1 saturated heterocycles. The lowest BCUT2D eigenvalue weighted by Gasteiger charge is -2.27. The van der Waals surface area contributed by atoms with Gasteiger partial charge in [0.05, 0.1) is 11.3 Å². The van der Waals surface area contributed by atoms with Crippen LogP contribution in [0.3, 0.4) is 0 Å². The number of anilines is 2. The van der Waals surface area contributed by atoms with Crippen molar-refractivity contribution in [1.29, 1.82) is 0 Å². The number of nitrogens with one attached hydrogen (secondary N) is 2. The molecular weight excluding hydrogens is 433 g/mol. The Kier molecular flexibility index (Phi) is 5.98. The number of oxazole rings is 1. The van der Waals surface area contributed by atoms with Crippen molar-refractivity contribution < 1.29 is 13.6 Å². The molecule has 34 heavy (non-hydrogen) atoms. The van der Waals surface area contributed by atoms with Crippen molar-refractivity contribution in [3.05, 3.63) is 72.2 Å². The number of aromatic nitrogens is 2. The zero-order valence-electron chi connectivity index (χ0n) is 19.1. The van der Waals surface area contributed by atoms with Gasteiger partial charge >= 0.3 is 0 Å². The van der Waals surface area contributed by atoms with E-state index < -0.39 is 0 Å². The fraction of sp³-hybridized carbons (Fsp3) is 0.269. The second kappa shape index (κ2) is 9.23. The molecule has 2 unspecified atom stereocenters. The number of carbonyl (C=O) groups is 1. The monoisotopic (exact) mass is 459 g/mol. The zero-order chi connectivity index (χ0) is 23.7. The Morgan fingerprint density at radius 1 is 1.21 bits per heavy atom. The number of pyridine rings is 1. The molecule has 0 spiro atoms. The normalized spacial score (nSPS) is 16.5. The number of halogens is 1. The Labute approximate surface area is 197 Å². The molecule has 2 aromatic heterocycles. The van der Waals surface area contributed by atoms with Crippen LogP contribution in [0.4, 0.5) is 16.1 Å². The van der Waals surface area contributed by atoms with Crippen LogP contribution in [0.25, 0.3) is 22.4 Å². The SMILES string of the molecule is CC(C1CCNC1)N(C)c1nc2cc(NC(=O)c3ccc(-c4ccc(F)cc4)nc3)ccc2o1. The summed E-state index contributed by atoms with van der Waals surface area (Å²) in [6.45, 7) is 4.24. The molecule has 2 N–H and O–H groups in total. The number of hydrogen-bond acceptors (Lipinski definition) is 6. The van der Waals surface area contributed by atoms with E-state index in [4.69, 9.17) is 4.42 Å². The van der Waals surface area contributed by atoms with Crippen LogP contribution in [0.2, 0.25) is 0 Å². The van der Waals surface area contributed by atoms with Crippen LogP contribution in [-0.4, -0.2) is 42.1 Å². The van der Waals surface area contributed by atoms with Crippen molar-refractivity contribution in [2.45, 2.75) is 19.4 Å². The highest BCUT2D eigenvalue weighted by Crippen LogP contribution is 2.28. The maximum atomic E-state index is 13.1. The van der Waals surface area contributed by atoms with E-state index in [1.54, 1.807) is 36.4 Å².